The van der Waals surface area contributed by atoms with E-state index in [0.717, 1.165) is 4.47 Å². The summed E-state index contributed by atoms with van der Waals surface area (Å²) < 4.78 is 6.11. The molecule has 1 aromatic carbocycles. The van der Waals surface area contributed by atoms with Crippen LogP contribution in [0, 0.1) is 5.92 Å². The monoisotopic (exact) mass is 332 g/mol. The zero-order valence-electron chi connectivity index (χ0n) is 9.87. The summed E-state index contributed by atoms with van der Waals surface area (Å²) in [5.41, 5.74) is 0.690. The van der Waals surface area contributed by atoms with Crippen molar-refractivity contribution in [2.45, 2.75) is 6.04 Å². The first-order chi connectivity index (χ1) is 8.61. The number of likely N-dealkylation sites (N-methyl/N-ethyl adjacent to an activating group) is 1. The average Bonchev–Trinajstić information content (AvgIpc) is 2.82. The van der Waals surface area contributed by atoms with Gasteiger partial charge in [-0.05, 0) is 41.2 Å². The number of hydrogen-bond donors (Lipinski definition) is 2. The van der Waals surface area contributed by atoms with E-state index in [1.807, 2.05) is 7.05 Å². The summed E-state index contributed by atoms with van der Waals surface area (Å²) in [5.74, 6) is -0.220. The fraction of sp³-hybridized carbons (Fsp3) is 0.417. The number of amides is 1. The van der Waals surface area contributed by atoms with Crippen LogP contribution in [-0.2, 0) is 9.53 Å². The van der Waals surface area contributed by atoms with E-state index in [-0.39, 0.29) is 17.9 Å². The Morgan fingerprint density at radius 1 is 1.50 bits per heavy atom. The predicted octanol–water partition coefficient (Wildman–Crippen LogP) is 2.28. The molecule has 1 fully saturated rings. The third kappa shape index (κ3) is 3.03. The van der Waals surface area contributed by atoms with Gasteiger partial charge in [-0.1, -0.05) is 11.6 Å². The molecule has 1 aromatic rings. The van der Waals surface area contributed by atoms with Gasteiger partial charge in [0.05, 0.1) is 24.2 Å². The Hall–Kier alpha value is -0.620. The summed E-state index contributed by atoms with van der Waals surface area (Å²) in [5, 5.41) is 6.50. The lowest BCUT2D eigenvalue weighted by molar-refractivity contribution is -0.120. The average molecular weight is 334 g/mol. The van der Waals surface area contributed by atoms with Crippen molar-refractivity contribution in [3.05, 3.63) is 27.7 Å². The number of halogens is 2. The van der Waals surface area contributed by atoms with Crippen LogP contribution in [0.2, 0.25) is 5.02 Å². The predicted molar refractivity (Wildman–Crippen MR) is 74.9 cm³/mol. The van der Waals surface area contributed by atoms with Crippen molar-refractivity contribution >= 4 is 39.1 Å². The van der Waals surface area contributed by atoms with E-state index in [9.17, 15) is 4.79 Å². The third-order valence-electron chi connectivity index (χ3n) is 2.98. The first-order valence-electron chi connectivity index (χ1n) is 5.62. The molecule has 0 radical (unpaired) electrons. The molecule has 2 N–H and O–H groups in total. The molecule has 2 unspecified atom stereocenters. The molecule has 0 bridgehead atoms. The highest BCUT2D eigenvalue weighted by molar-refractivity contribution is 9.10. The topological polar surface area (TPSA) is 50.4 Å². The molecular weight excluding hydrogens is 320 g/mol. The largest absolute Gasteiger partial charge is 0.379 e. The summed E-state index contributed by atoms with van der Waals surface area (Å²) in [7, 11) is 1.83. The van der Waals surface area contributed by atoms with E-state index < -0.39 is 0 Å². The summed E-state index contributed by atoms with van der Waals surface area (Å²) in [4.78, 5) is 12.1. The number of carbonyl (C=O) groups excluding carboxylic acids is 1. The molecule has 1 heterocycles. The van der Waals surface area contributed by atoms with Crippen LogP contribution in [0.25, 0.3) is 0 Å². The molecule has 18 heavy (non-hydrogen) atoms. The minimum Gasteiger partial charge on any atom is -0.379 e. The van der Waals surface area contributed by atoms with Crippen molar-refractivity contribution < 1.29 is 9.53 Å². The van der Waals surface area contributed by atoms with Gasteiger partial charge in [-0.2, -0.15) is 0 Å². The standard InChI is InChI=1S/C12H14BrClN2O2/c1-15-11-6-18-5-8(11)12(17)16-7-2-3-9(13)10(14)4-7/h2-4,8,11,15H,5-6H2,1H3,(H,16,17). The lowest BCUT2D eigenvalue weighted by Crippen LogP contribution is -2.39. The number of rotatable bonds is 3. The molecule has 98 valence electrons. The number of nitrogens with one attached hydrogen (secondary N) is 2. The van der Waals surface area contributed by atoms with Crippen LogP contribution in [0.1, 0.15) is 0 Å². The summed E-state index contributed by atoms with van der Waals surface area (Å²) in [6, 6.07) is 5.39. The highest BCUT2D eigenvalue weighted by atomic mass is 79.9. The maximum absolute atomic E-state index is 12.1. The van der Waals surface area contributed by atoms with Crippen LogP contribution in [0.3, 0.4) is 0 Å². The minimum atomic E-state index is -0.169. The van der Waals surface area contributed by atoms with E-state index in [1.54, 1.807) is 18.2 Å². The van der Waals surface area contributed by atoms with Crippen LogP contribution < -0.4 is 10.6 Å². The molecule has 1 aliphatic heterocycles. The van der Waals surface area contributed by atoms with Gasteiger partial charge in [0, 0.05) is 16.2 Å². The number of benzene rings is 1. The van der Waals surface area contributed by atoms with Crippen molar-refractivity contribution in [2.24, 2.45) is 5.92 Å². The summed E-state index contributed by atoms with van der Waals surface area (Å²) in [6.07, 6.45) is 0. The van der Waals surface area contributed by atoms with Crippen LogP contribution in [0.4, 0.5) is 5.69 Å². The SMILES string of the molecule is CNC1COCC1C(=O)Nc1ccc(Br)c(Cl)c1. The normalized spacial score (nSPS) is 23.1. The maximum Gasteiger partial charge on any atom is 0.231 e. The Kier molecular flexibility index (Phi) is 4.61. The Morgan fingerprint density at radius 2 is 2.28 bits per heavy atom. The first kappa shape index (κ1) is 13.8. The molecule has 4 nitrogen and oxygen atoms in total. The second-order valence-electron chi connectivity index (χ2n) is 4.16. The molecule has 0 aliphatic carbocycles. The Balaban J connectivity index is 2.04. The van der Waals surface area contributed by atoms with Crippen LogP contribution >= 0.6 is 27.5 Å². The molecular formula is C12H14BrClN2O2. The van der Waals surface area contributed by atoms with Gasteiger partial charge in [-0.15, -0.1) is 0 Å². The summed E-state index contributed by atoms with van der Waals surface area (Å²) in [6.45, 7) is 1.01. The molecule has 0 saturated carbocycles. The minimum absolute atomic E-state index is 0.0507. The number of hydrogen-bond acceptors (Lipinski definition) is 3. The lowest BCUT2D eigenvalue weighted by Gasteiger charge is -2.16. The van der Waals surface area contributed by atoms with Gasteiger partial charge in [0.2, 0.25) is 5.91 Å². The van der Waals surface area contributed by atoms with Crippen molar-refractivity contribution in [1.82, 2.24) is 5.32 Å². The van der Waals surface area contributed by atoms with Crippen molar-refractivity contribution in [3.63, 3.8) is 0 Å². The Bertz CT molecular complexity index is 456. The van der Waals surface area contributed by atoms with E-state index in [1.165, 1.54) is 0 Å². The zero-order chi connectivity index (χ0) is 13.1. The van der Waals surface area contributed by atoms with Crippen LogP contribution in [-0.4, -0.2) is 32.2 Å². The van der Waals surface area contributed by atoms with E-state index in [0.29, 0.717) is 23.9 Å². The van der Waals surface area contributed by atoms with E-state index >= 15 is 0 Å². The Morgan fingerprint density at radius 3 is 2.94 bits per heavy atom. The molecule has 2 atom stereocenters. The third-order valence-corrected chi connectivity index (χ3v) is 4.21. The van der Waals surface area contributed by atoms with Gasteiger partial charge < -0.3 is 15.4 Å². The highest BCUT2D eigenvalue weighted by Gasteiger charge is 2.32. The molecule has 0 spiro atoms. The highest BCUT2D eigenvalue weighted by Crippen LogP contribution is 2.26. The molecule has 1 amide bonds. The number of anilines is 1. The van der Waals surface area contributed by atoms with Crippen molar-refractivity contribution in [2.75, 3.05) is 25.6 Å². The van der Waals surface area contributed by atoms with Gasteiger partial charge in [0.1, 0.15) is 0 Å². The number of ether oxygens (including phenoxy) is 1. The molecule has 1 saturated heterocycles. The van der Waals surface area contributed by atoms with Gasteiger partial charge in [0.15, 0.2) is 0 Å². The van der Waals surface area contributed by atoms with Crippen molar-refractivity contribution in [3.8, 4) is 0 Å². The van der Waals surface area contributed by atoms with E-state index in [4.69, 9.17) is 16.3 Å². The zero-order valence-corrected chi connectivity index (χ0v) is 12.2. The molecule has 1 aliphatic rings. The molecule has 0 aromatic heterocycles. The van der Waals surface area contributed by atoms with Crippen LogP contribution in [0.15, 0.2) is 22.7 Å². The second kappa shape index (κ2) is 6.02. The fourth-order valence-corrected chi connectivity index (χ4v) is 2.33. The second-order valence-corrected chi connectivity index (χ2v) is 5.42. The Labute approximate surface area is 119 Å². The first-order valence-corrected chi connectivity index (χ1v) is 6.80. The van der Waals surface area contributed by atoms with Gasteiger partial charge in [-0.25, -0.2) is 0 Å². The fourth-order valence-electron chi connectivity index (χ4n) is 1.91. The smallest absolute Gasteiger partial charge is 0.231 e. The summed E-state index contributed by atoms with van der Waals surface area (Å²) >= 11 is 9.29. The van der Waals surface area contributed by atoms with Gasteiger partial charge in [0.25, 0.3) is 0 Å². The van der Waals surface area contributed by atoms with Crippen LogP contribution in [0.5, 0.6) is 0 Å². The van der Waals surface area contributed by atoms with E-state index in [2.05, 4.69) is 26.6 Å². The molecule has 6 heteroatoms. The van der Waals surface area contributed by atoms with Crippen molar-refractivity contribution in [1.29, 1.82) is 0 Å². The van der Waals surface area contributed by atoms with Gasteiger partial charge in [-0.3, -0.25) is 4.79 Å². The maximum atomic E-state index is 12.1. The quantitative estimate of drug-likeness (QED) is 0.892. The molecule has 2 rings (SSSR count). The lowest BCUT2D eigenvalue weighted by atomic mass is 10.0. The van der Waals surface area contributed by atoms with Gasteiger partial charge >= 0.3 is 0 Å². The number of carbonyl (C=O) groups is 1.